The lowest BCUT2D eigenvalue weighted by Gasteiger charge is -2.29. The standard InChI is InChI=1S/C12H19N3O3/c1-17-10(16)6-5-9-14-11(15-18-9)12(13)7-3-2-4-8-12/h2-8,13H2,1H3. The van der Waals surface area contributed by atoms with Gasteiger partial charge in [-0.1, -0.05) is 24.4 Å². The van der Waals surface area contributed by atoms with E-state index in [-0.39, 0.29) is 12.4 Å². The number of methoxy groups -OCH3 is 1. The minimum absolute atomic E-state index is 0.246. The molecule has 1 aliphatic rings. The molecule has 0 unspecified atom stereocenters. The lowest BCUT2D eigenvalue weighted by molar-refractivity contribution is -0.140. The number of hydrogen-bond donors (Lipinski definition) is 1. The number of nitrogens with zero attached hydrogens (tertiary/aromatic N) is 2. The van der Waals surface area contributed by atoms with Gasteiger partial charge in [0.2, 0.25) is 5.89 Å². The maximum absolute atomic E-state index is 11.0. The highest BCUT2D eigenvalue weighted by atomic mass is 16.5. The Hall–Kier alpha value is -1.43. The lowest BCUT2D eigenvalue weighted by Crippen LogP contribution is -2.39. The number of hydrogen-bond acceptors (Lipinski definition) is 6. The Balaban J connectivity index is 1.98. The van der Waals surface area contributed by atoms with Crippen LogP contribution in [0.25, 0.3) is 0 Å². The fraction of sp³-hybridized carbons (Fsp3) is 0.750. The van der Waals surface area contributed by atoms with Crippen molar-refractivity contribution in [2.45, 2.75) is 50.5 Å². The highest BCUT2D eigenvalue weighted by Gasteiger charge is 2.34. The predicted molar refractivity (Wildman–Crippen MR) is 63.6 cm³/mol. The molecule has 1 aliphatic carbocycles. The van der Waals surface area contributed by atoms with Crippen molar-refractivity contribution in [2.24, 2.45) is 5.73 Å². The van der Waals surface area contributed by atoms with Crippen LogP contribution < -0.4 is 5.73 Å². The second-order valence-corrected chi connectivity index (χ2v) is 4.80. The molecule has 1 heterocycles. The zero-order valence-corrected chi connectivity index (χ0v) is 10.6. The van der Waals surface area contributed by atoms with Gasteiger partial charge in [-0.15, -0.1) is 0 Å². The molecule has 6 heteroatoms. The molecule has 0 aliphatic heterocycles. The predicted octanol–water partition coefficient (Wildman–Crippen LogP) is 1.29. The minimum atomic E-state index is -0.453. The SMILES string of the molecule is COC(=O)CCc1nc(C2(N)CCCCC2)no1. The topological polar surface area (TPSA) is 91.2 Å². The van der Waals surface area contributed by atoms with Gasteiger partial charge in [-0.25, -0.2) is 0 Å². The van der Waals surface area contributed by atoms with Crippen LogP contribution in [0.5, 0.6) is 0 Å². The summed E-state index contributed by atoms with van der Waals surface area (Å²) in [6.07, 6.45) is 5.84. The van der Waals surface area contributed by atoms with E-state index in [1.165, 1.54) is 13.5 Å². The fourth-order valence-electron chi connectivity index (χ4n) is 2.28. The molecule has 0 spiro atoms. The molecule has 1 saturated carbocycles. The molecule has 1 fully saturated rings. The number of aryl methyl sites for hydroxylation is 1. The summed E-state index contributed by atoms with van der Waals surface area (Å²) in [4.78, 5) is 15.3. The number of carbonyl (C=O) groups excluding carboxylic acids is 1. The van der Waals surface area contributed by atoms with Crippen molar-refractivity contribution in [3.63, 3.8) is 0 Å². The molecule has 2 N–H and O–H groups in total. The summed E-state index contributed by atoms with van der Waals surface area (Å²) in [6, 6.07) is 0. The van der Waals surface area contributed by atoms with Crippen LogP contribution >= 0.6 is 0 Å². The summed E-state index contributed by atoms with van der Waals surface area (Å²) in [7, 11) is 1.36. The van der Waals surface area contributed by atoms with Gasteiger partial charge in [0.25, 0.3) is 0 Å². The number of rotatable bonds is 4. The number of aromatic nitrogens is 2. The second kappa shape index (κ2) is 5.48. The number of ether oxygens (including phenoxy) is 1. The Morgan fingerprint density at radius 3 is 2.83 bits per heavy atom. The lowest BCUT2D eigenvalue weighted by atomic mass is 9.82. The Labute approximate surface area is 106 Å². The molecule has 1 aromatic rings. The van der Waals surface area contributed by atoms with Gasteiger partial charge in [0.05, 0.1) is 19.1 Å². The third-order valence-corrected chi connectivity index (χ3v) is 3.43. The van der Waals surface area contributed by atoms with Crippen LogP contribution in [0.3, 0.4) is 0 Å². The second-order valence-electron chi connectivity index (χ2n) is 4.80. The van der Waals surface area contributed by atoms with Gasteiger partial charge in [-0.05, 0) is 12.8 Å². The Morgan fingerprint density at radius 2 is 2.17 bits per heavy atom. The maximum Gasteiger partial charge on any atom is 0.306 e. The number of carbonyl (C=O) groups is 1. The van der Waals surface area contributed by atoms with Gasteiger partial charge < -0.3 is 15.0 Å². The maximum atomic E-state index is 11.0. The van der Waals surface area contributed by atoms with Gasteiger partial charge in [0.15, 0.2) is 5.82 Å². The van der Waals surface area contributed by atoms with E-state index < -0.39 is 5.54 Å². The van der Waals surface area contributed by atoms with E-state index in [4.69, 9.17) is 10.3 Å². The van der Waals surface area contributed by atoms with Crippen molar-refractivity contribution in [3.8, 4) is 0 Å². The van der Waals surface area contributed by atoms with E-state index >= 15 is 0 Å². The average molecular weight is 253 g/mol. The van der Waals surface area contributed by atoms with Crippen LogP contribution in [0.2, 0.25) is 0 Å². The summed E-state index contributed by atoms with van der Waals surface area (Å²) < 4.78 is 9.69. The van der Waals surface area contributed by atoms with Crippen molar-refractivity contribution in [1.82, 2.24) is 10.1 Å². The zero-order chi connectivity index (χ0) is 13.0. The molecule has 0 amide bonds. The van der Waals surface area contributed by atoms with Crippen molar-refractivity contribution in [2.75, 3.05) is 7.11 Å². The molecule has 0 saturated heterocycles. The van der Waals surface area contributed by atoms with Gasteiger partial charge in [0, 0.05) is 6.42 Å². The molecular weight excluding hydrogens is 234 g/mol. The molecule has 0 radical (unpaired) electrons. The Bertz CT molecular complexity index is 410. The van der Waals surface area contributed by atoms with E-state index in [1.807, 2.05) is 0 Å². The largest absolute Gasteiger partial charge is 0.469 e. The first kappa shape index (κ1) is 13.0. The smallest absolute Gasteiger partial charge is 0.306 e. The highest BCUT2D eigenvalue weighted by Crippen LogP contribution is 2.32. The summed E-state index contributed by atoms with van der Waals surface area (Å²) in [5.74, 6) is 0.739. The molecule has 2 rings (SSSR count). The third kappa shape index (κ3) is 2.87. The third-order valence-electron chi connectivity index (χ3n) is 3.43. The Morgan fingerprint density at radius 1 is 1.44 bits per heavy atom. The molecule has 0 bridgehead atoms. The number of nitrogens with two attached hydrogens (primary N) is 1. The van der Waals surface area contributed by atoms with E-state index in [1.54, 1.807) is 0 Å². The van der Waals surface area contributed by atoms with Gasteiger partial charge in [-0.2, -0.15) is 4.98 Å². The van der Waals surface area contributed by atoms with E-state index in [2.05, 4.69) is 14.9 Å². The van der Waals surface area contributed by atoms with Crippen LogP contribution in [0.15, 0.2) is 4.52 Å². The first-order valence-corrected chi connectivity index (χ1v) is 6.33. The van der Waals surface area contributed by atoms with Crippen molar-refractivity contribution in [1.29, 1.82) is 0 Å². The van der Waals surface area contributed by atoms with Crippen LogP contribution in [0.4, 0.5) is 0 Å². The van der Waals surface area contributed by atoms with Crippen molar-refractivity contribution >= 4 is 5.97 Å². The van der Waals surface area contributed by atoms with Crippen LogP contribution in [0.1, 0.15) is 50.2 Å². The fourth-order valence-corrected chi connectivity index (χ4v) is 2.28. The summed E-state index contributed by atoms with van der Waals surface area (Å²) in [5.41, 5.74) is 5.85. The van der Waals surface area contributed by atoms with Gasteiger partial charge in [0.1, 0.15) is 0 Å². The molecule has 0 aromatic carbocycles. The monoisotopic (exact) mass is 253 g/mol. The Kier molecular flexibility index (Phi) is 3.96. The van der Waals surface area contributed by atoms with Crippen molar-refractivity contribution < 1.29 is 14.1 Å². The molecular formula is C12H19N3O3. The zero-order valence-electron chi connectivity index (χ0n) is 10.6. The summed E-state index contributed by atoms with van der Waals surface area (Å²) >= 11 is 0. The van der Waals surface area contributed by atoms with E-state index in [9.17, 15) is 4.79 Å². The molecule has 100 valence electrons. The van der Waals surface area contributed by atoms with Crippen molar-refractivity contribution in [3.05, 3.63) is 11.7 Å². The molecule has 18 heavy (non-hydrogen) atoms. The average Bonchev–Trinajstić information content (AvgIpc) is 2.86. The highest BCUT2D eigenvalue weighted by molar-refractivity contribution is 5.69. The van der Waals surface area contributed by atoms with Crippen LogP contribution in [0, 0.1) is 0 Å². The molecule has 6 nitrogen and oxygen atoms in total. The van der Waals surface area contributed by atoms with E-state index in [0.29, 0.717) is 18.1 Å². The van der Waals surface area contributed by atoms with Crippen LogP contribution in [-0.2, 0) is 21.5 Å². The van der Waals surface area contributed by atoms with Crippen LogP contribution in [-0.4, -0.2) is 23.2 Å². The quantitative estimate of drug-likeness (QED) is 0.813. The first-order valence-electron chi connectivity index (χ1n) is 6.33. The van der Waals surface area contributed by atoms with Gasteiger partial charge >= 0.3 is 5.97 Å². The summed E-state index contributed by atoms with van der Waals surface area (Å²) in [5, 5.41) is 3.95. The summed E-state index contributed by atoms with van der Waals surface area (Å²) in [6.45, 7) is 0. The van der Waals surface area contributed by atoms with E-state index in [0.717, 1.165) is 25.7 Å². The molecule has 1 aromatic heterocycles. The normalized spacial score (nSPS) is 18.6. The van der Waals surface area contributed by atoms with Gasteiger partial charge in [-0.3, -0.25) is 4.79 Å². The molecule has 0 atom stereocenters. The minimum Gasteiger partial charge on any atom is -0.469 e. The first-order chi connectivity index (χ1) is 8.64. The number of esters is 1.